The first kappa shape index (κ1) is 22.0. The van der Waals surface area contributed by atoms with Crippen molar-refractivity contribution in [1.82, 2.24) is 14.7 Å². The van der Waals surface area contributed by atoms with Crippen LogP contribution >= 0.6 is 23.2 Å². The van der Waals surface area contributed by atoms with Gasteiger partial charge in [0.1, 0.15) is 0 Å². The van der Waals surface area contributed by atoms with Crippen molar-refractivity contribution in [1.29, 1.82) is 0 Å². The van der Waals surface area contributed by atoms with Crippen LogP contribution in [0.5, 0.6) is 5.75 Å². The van der Waals surface area contributed by atoms with Crippen LogP contribution in [-0.4, -0.2) is 38.8 Å². The smallest absolute Gasteiger partial charge is 0.276 e. The lowest BCUT2D eigenvalue weighted by molar-refractivity contribution is 0.0634. The quantitative estimate of drug-likeness (QED) is 0.590. The molecular formula is C25H23Cl2N3O3. The zero-order valence-electron chi connectivity index (χ0n) is 18.1. The molecule has 0 spiro atoms. The topological polar surface area (TPSA) is 75.4 Å². The standard InChI is InChI=1S/C25H23Cl2N3O3/c1-2-11-29-13-20(30-23(25(29)33)24(32)21(31)12-28-30)22-16-5-3-7-18(26)14(16)9-10-15-17(22)6-4-8-19(15)27/h3-8,12,20,22,32H,2,9-11,13H2,1H3. The Morgan fingerprint density at radius 2 is 1.64 bits per heavy atom. The first-order valence-electron chi connectivity index (χ1n) is 11.1. The van der Waals surface area contributed by atoms with E-state index in [1.807, 2.05) is 31.2 Å². The second-order valence-electron chi connectivity index (χ2n) is 8.56. The molecule has 0 saturated heterocycles. The number of fused-ring (bicyclic) bond motifs is 3. The van der Waals surface area contributed by atoms with Gasteiger partial charge >= 0.3 is 0 Å². The van der Waals surface area contributed by atoms with Crippen LogP contribution in [0.4, 0.5) is 0 Å². The third-order valence-electron chi connectivity index (χ3n) is 6.68. The number of aromatic nitrogens is 2. The van der Waals surface area contributed by atoms with Crippen molar-refractivity contribution in [2.24, 2.45) is 0 Å². The third kappa shape index (κ3) is 3.52. The van der Waals surface area contributed by atoms with Gasteiger partial charge < -0.3 is 10.0 Å². The predicted octanol–water partition coefficient (Wildman–Crippen LogP) is 4.59. The van der Waals surface area contributed by atoms with E-state index >= 15 is 0 Å². The Morgan fingerprint density at radius 3 is 2.21 bits per heavy atom. The molecule has 1 amide bonds. The van der Waals surface area contributed by atoms with Gasteiger partial charge in [-0.3, -0.25) is 14.3 Å². The van der Waals surface area contributed by atoms with Gasteiger partial charge in [0, 0.05) is 29.1 Å². The number of aromatic hydroxyl groups is 1. The third-order valence-corrected chi connectivity index (χ3v) is 7.39. The summed E-state index contributed by atoms with van der Waals surface area (Å²) in [5.41, 5.74) is 3.45. The molecule has 1 aliphatic carbocycles. The first-order valence-corrected chi connectivity index (χ1v) is 11.8. The van der Waals surface area contributed by atoms with Crippen molar-refractivity contribution >= 4 is 29.1 Å². The van der Waals surface area contributed by atoms with Crippen molar-refractivity contribution in [3.8, 4) is 5.75 Å². The molecule has 0 saturated carbocycles. The van der Waals surface area contributed by atoms with Crippen LogP contribution in [0.1, 0.15) is 58.0 Å². The van der Waals surface area contributed by atoms with E-state index in [1.165, 1.54) is 4.68 Å². The van der Waals surface area contributed by atoms with E-state index in [9.17, 15) is 14.7 Å². The average molecular weight is 484 g/mol. The summed E-state index contributed by atoms with van der Waals surface area (Å²) in [6.45, 7) is 2.88. The number of rotatable bonds is 3. The molecule has 2 aromatic carbocycles. The highest BCUT2D eigenvalue weighted by Gasteiger charge is 2.41. The molecule has 0 fully saturated rings. The van der Waals surface area contributed by atoms with Gasteiger partial charge in [-0.2, -0.15) is 5.10 Å². The highest BCUT2D eigenvalue weighted by atomic mass is 35.5. The van der Waals surface area contributed by atoms with Crippen LogP contribution in [0.25, 0.3) is 0 Å². The van der Waals surface area contributed by atoms with Crippen LogP contribution in [0.3, 0.4) is 0 Å². The number of hydrogen-bond acceptors (Lipinski definition) is 4. The van der Waals surface area contributed by atoms with E-state index in [4.69, 9.17) is 23.2 Å². The van der Waals surface area contributed by atoms with Gasteiger partial charge in [0.05, 0.1) is 12.2 Å². The Bertz CT molecular complexity index is 1270. The molecule has 8 heteroatoms. The molecule has 0 bridgehead atoms. The Morgan fingerprint density at radius 1 is 1.03 bits per heavy atom. The maximum absolute atomic E-state index is 13.2. The molecule has 1 aromatic heterocycles. The Labute approximate surface area is 201 Å². The Hall–Kier alpha value is -2.83. The molecule has 2 aliphatic rings. The maximum atomic E-state index is 13.2. The van der Waals surface area contributed by atoms with Gasteiger partial charge in [-0.25, -0.2) is 0 Å². The predicted molar refractivity (Wildman–Crippen MR) is 128 cm³/mol. The summed E-state index contributed by atoms with van der Waals surface area (Å²) in [5.74, 6) is -1.18. The minimum absolute atomic E-state index is 0.0661. The number of benzene rings is 2. The Balaban J connectivity index is 1.80. The number of carbonyl (C=O) groups excluding carboxylic acids is 1. The zero-order chi connectivity index (χ0) is 23.3. The zero-order valence-corrected chi connectivity index (χ0v) is 19.6. The summed E-state index contributed by atoms with van der Waals surface area (Å²) in [7, 11) is 0. The second kappa shape index (κ2) is 8.50. The summed E-state index contributed by atoms with van der Waals surface area (Å²) >= 11 is 13.3. The van der Waals surface area contributed by atoms with Crippen molar-refractivity contribution in [2.45, 2.75) is 38.1 Å². The molecule has 1 aliphatic heterocycles. The van der Waals surface area contributed by atoms with Crippen molar-refractivity contribution in [3.63, 3.8) is 0 Å². The number of halogens is 2. The van der Waals surface area contributed by atoms with Crippen LogP contribution in [0.2, 0.25) is 10.0 Å². The average Bonchev–Trinajstić information content (AvgIpc) is 2.96. The summed E-state index contributed by atoms with van der Waals surface area (Å²) in [5, 5.41) is 16.3. The molecule has 0 radical (unpaired) electrons. The molecule has 1 N–H and O–H groups in total. The number of nitrogens with zero attached hydrogens (tertiary/aromatic N) is 3. The van der Waals surface area contributed by atoms with E-state index in [2.05, 4.69) is 17.2 Å². The van der Waals surface area contributed by atoms with E-state index in [-0.39, 0.29) is 23.6 Å². The molecule has 1 atom stereocenters. The molecule has 3 aromatic rings. The van der Waals surface area contributed by atoms with Gasteiger partial charge in [-0.05, 0) is 53.6 Å². The molecule has 5 rings (SSSR count). The summed E-state index contributed by atoms with van der Waals surface area (Å²) in [6.07, 6.45) is 3.30. The fraction of sp³-hybridized carbons (Fsp3) is 0.320. The lowest BCUT2D eigenvalue weighted by Crippen LogP contribution is -2.47. The van der Waals surface area contributed by atoms with Gasteiger partial charge in [0.2, 0.25) is 5.43 Å². The lowest BCUT2D eigenvalue weighted by Gasteiger charge is -2.39. The molecule has 33 heavy (non-hydrogen) atoms. The summed E-state index contributed by atoms with van der Waals surface area (Å²) in [6, 6.07) is 11.4. The number of carbonyl (C=O) groups is 1. The van der Waals surface area contributed by atoms with Crippen molar-refractivity contribution in [2.75, 3.05) is 13.1 Å². The van der Waals surface area contributed by atoms with Gasteiger partial charge in [0.25, 0.3) is 5.91 Å². The monoisotopic (exact) mass is 483 g/mol. The van der Waals surface area contributed by atoms with E-state index in [0.717, 1.165) is 47.7 Å². The second-order valence-corrected chi connectivity index (χ2v) is 9.38. The maximum Gasteiger partial charge on any atom is 0.276 e. The highest BCUT2D eigenvalue weighted by molar-refractivity contribution is 6.32. The molecule has 1 unspecified atom stereocenters. The summed E-state index contributed by atoms with van der Waals surface area (Å²) in [4.78, 5) is 27.1. The minimum atomic E-state index is -0.667. The van der Waals surface area contributed by atoms with Crippen LogP contribution in [0, 0.1) is 0 Å². The van der Waals surface area contributed by atoms with Gasteiger partial charge in [0.15, 0.2) is 11.4 Å². The molecular weight excluding hydrogens is 461 g/mol. The summed E-state index contributed by atoms with van der Waals surface area (Å²) < 4.78 is 1.52. The van der Waals surface area contributed by atoms with Gasteiger partial charge in [-0.1, -0.05) is 54.4 Å². The fourth-order valence-electron chi connectivity index (χ4n) is 5.25. The Kier molecular flexibility index (Phi) is 5.67. The number of hydrogen-bond donors (Lipinski definition) is 1. The van der Waals surface area contributed by atoms with Crippen LogP contribution in [0.15, 0.2) is 47.4 Å². The molecule has 2 heterocycles. The van der Waals surface area contributed by atoms with Crippen LogP contribution in [-0.2, 0) is 12.8 Å². The van der Waals surface area contributed by atoms with Gasteiger partial charge in [-0.15, -0.1) is 0 Å². The van der Waals surface area contributed by atoms with Crippen LogP contribution < -0.4 is 5.43 Å². The van der Waals surface area contributed by atoms with Crippen molar-refractivity contribution in [3.05, 3.63) is 90.8 Å². The molecule has 170 valence electrons. The normalized spacial score (nSPS) is 17.8. The van der Waals surface area contributed by atoms with Crippen molar-refractivity contribution < 1.29 is 9.90 Å². The van der Waals surface area contributed by atoms with E-state index < -0.39 is 11.2 Å². The lowest BCUT2D eigenvalue weighted by atomic mass is 9.81. The first-order chi connectivity index (χ1) is 15.9. The number of amides is 1. The highest BCUT2D eigenvalue weighted by Crippen LogP contribution is 2.46. The SMILES string of the molecule is CCCN1CC(C2c3cccc(Cl)c3CCc3c(Cl)cccc32)n2ncc(=O)c(O)c2C1=O. The minimum Gasteiger partial charge on any atom is -0.502 e. The fourth-order valence-corrected chi connectivity index (χ4v) is 5.80. The molecule has 6 nitrogen and oxygen atoms in total. The van der Waals surface area contributed by atoms with E-state index in [0.29, 0.717) is 23.1 Å². The van der Waals surface area contributed by atoms with E-state index in [1.54, 1.807) is 4.90 Å². The largest absolute Gasteiger partial charge is 0.502 e.